The van der Waals surface area contributed by atoms with Crippen LogP contribution in [0.3, 0.4) is 0 Å². The van der Waals surface area contributed by atoms with Gasteiger partial charge in [-0.05, 0) is 0 Å². The van der Waals surface area contributed by atoms with E-state index in [2.05, 4.69) is 41.1 Å². The predicted octanol–water partition coefficient (Wildman–Crippen LogP) is 2.71. The average Bonchev–Trinajstić information content (AvgIpc) is 2.92. The fraction of sp³-hybridized carbons (Fsp3) is 0.385. The van der Waals surface area contributed by atoms with Crippen LogP contribution < -0.4 is 5.11 Å². The van der Waals surface area contributed by atoms with Gasteiger partial charge in [0.15, 0.2) is 0 Å². The van der Waals surface area contributed by atoms with Crippen molar-refractivity contribution in [2.45, 2.75) is 24.4 Å². The molecule has 0 amide bonds. The van der Waals surface area contributed by atoms with Crippen LogP contribution in [0.1, 0.15) is 19.8 Å². The Kier molecular flexibility index (Phi) is 6.13. The van der Waals surface area contributed by atoms with Gasteiger partial charge < -0.3 is 5.11 Å². The van der Waals surface area contributed by atoms with E-state index in [4.69, 9.17) is 5.11 Å². The Morgan fingerprint density at radius 1 is 1.13 bits per heavy atom. The van der Waals surface area contributed by atoms with Crippen LogP contribution in [0.15, 0.2) is 43.0 Å². The second-order valence-corrected chi connectivity index (χ2v) is 9.79. The monoisotopic (exact) mass is 280 g/mol. The topological polar surface area (TPSA) is 23.1 Å². The van der Waals surface area contributed by atoms with Gasteiger partial charge in [0, 0.05) is 0 Å². The van der Waals surface area contributed by atoms with Crippen molar-refractivity contribution in [3.05, 3.63) is 43.0 Å². The molecule has 80 valence electrons. The van der Waals surface area contributed by atoms with Crippen molar-refractivity contribution in [2.75, 3.05) is 6.61 Å². The van der Waals surface area contributed by atoms with Crippen LogP contribution in [0.2, 0.25) is 4.63 Å². The molecule has 0 atom stereocenters. The van der Waals surface area contributed by atoms with E-state index >= 15 is 0 Å². The van der Waals surface area contributed by atoms with Gasteiger partial charge >= 0.3 is 82.2 Å². The molecule has 15 heavy (non-hydrogen) atoms. The molecule has 0 aromatic heterocycles. The Bertz CT molecular complexity index is 280. The van der Waals surface area contributed by atoms with Gasteiger partial charge in [-0.15, -0.1) is 6.61 Å². The van der Waals surface area contributed by atoms with E-state index in [0.29, 0.717) is 0 Å². The summed E-state index contributed by atoms with van der Waals surface area (Å²) >= 11 is -1.27. The molecule has 2 aliphatic rings. The van der Waals surface area contributed by atoms with Crippen molar-refractivity contribution in [1.82, 2.24) is 0 Å². The van der Waals surface area contributed by atoms with Crippen LogP contribution in [0.4, 0.5) is 0 Å². The Hall–Kier alpha value is -0.197. The summed E-state index contributed by atoms with van der Waals surface area (Å²) in [5.74, 6) is 0. The summed E-state index contributed by atoms with van der Waals surface area (Å²) in [7, 11) is 0. The Morgan fingerprint density at radius 2 is 1.53 bits per heavy atom. The van der Waals surface area contributed by atoms with E-state index in [0.717, 1.165) is 0 Å². The molecule has 0 bridgehead atoms. The number of rotatable bonds is 2. The molecule has 0 saturated carbocycles. The fourth-order valence-corrected chi connectivity index (χ4v) is 6.46. The summed E-state index contributed by atoms with van der Waals surface area (Å²) < 4.78 is 6.01. The first-order valence-electron chi connectivity index (χ1n) is 5.43. The second-order valence-electron chi connectivity index (χ2n) is 3.56. The third kappa shape index (κ3) is 4.05. The molecule has 2 heteroatoms. The molecule has 0 N–H and O–H groups in total. The molecule has 0 radical (unpaired) electrons. The zero-order valence-electron chi connectivity index (χ0n) is 9.49. The molecule has 1 nitrogen and oxygen atoms in total. The first-order chi connectivity index (χ1) is 7.29. The van der Waals surface area contributed by atoms with Gasteiger partial charge in [0.1, 0.15) is 0 Å². The summed E-state index contributed by atoms with van der Waals surface area (Å²) in [5, 5.41) is 8.93. The van der Waals surface area contributed by atoms with Crippen LogP contribution in [-0.2, 0) is 21.8 Å². The quantitative estimate of drug-likeness (QED) is 0.763. The van der Waals surface area contributed by atoms with E-state index in [1.54, 1.807) is 13.5 Å². The molecule has 0 unspecified atom stereocenters. The maximum atomic E-state index is 8.93. The summed E-state index contributed by atoms with van der Waals surface area (Å²) in [4.78, 5) is 0. The summed E-state index contributed by atoms with van der Waals surface area (Å²) in [5.41, 5.74) is 0. The first-order valence-corrected chi connectivity index (χ1v) is 10.3. The van der Waals surface area contributed by atoms with Crippen LogP contribution in [0.25, 0.3) is 0 Å². The van der Waals surface area contributed by atoms with Gasteiger partial charge in [0.25, 0.3) is 0 Å². The van der Waals surface area contributed by atoms with Gasteiger partial charge in [-0.3, -0.25) is 0 Å². The van der Waals surface area contributed by atoms with E-state index in [1.807, 2.05) is 0 Å². The van der Waals surface area contributed by atoms with Gasteiger partial charge in [0.2, 0.25) is 0 Å². The van der Waals surface area contributed by atoms with Crippen LogP contribution in [-0.4, -0.2) is 6.61 Å². The van der Waals surface area contributed by atoms with Crippen molar-refractivity contribution in [3.8, 4) is 0 Å². The SMILES string of the molecule is CC[O-].[CH3][Zr+]([C]1=CC=CC1)[C]1=CC=CC1. The van der Waals surface area contributed by atoms with Gasteiger partial charge in [-0.2, -0.15) is 0 Å². The van der Waals surface area contributed by atoms with Gasteiger partial charge in [-0.1, -0.05) is 6.92 Å². The van der Waals surface area contributed by atoms with Crippen molar-refractivity contribution in [2.24, 2.45) is 0 Å². The van der Waals surface area contributed by atoms with Gasteiger partial charge in [-0.25, -0.2) is 0 Å². The molecule has 0 aliphatic heterocycles. The molecule has 0 saturated heterocycles. The molecule has 2 aliphatic carbocycles. The minimum atomic E-state index is -1.27. The summed E-state index contributed by atoms with van der Waals surface area (Å²) in [6.45, 7) is 1.57. The standard InChI is InChI=1S/2C5H5.C2H5O.CH3.Zr/c2*1-2-4-5-3-1;1-2-3;;/h2*1-3H,4H2;2H2,1H3;1H3;/q;;-1;;+1. The zero-order chi connectivity index (χ0) is 11.1. The van der Waals surface area contributed by atoms with Crippen LogP contribution in [0, 0.1) is 0 Å². The Labute approximate surface area is 101 Å². The van der Waals surface area contributed by atoms with Crippen LogP contribution in [0.5, 0.6) is 0 Å². The van der Waals surface area contributed by atoms with E-state index < -0.39 is 21.8 Å². The minimum absolute atomic E-state index is 0. The van der Waals surface area contributed by atoms with Gasteiger partial charge in [0.05, 0.1) is 0 Å². The van der Waals surface area contributed by atoms with E-state index in [-0.39, 0.29) is 6.61 Å². The molecule has 0 aromatic carbocycles. The third-order valence-electron chi connectivity index (χ3n) is 2.51. The number of hydrogen-bond acceptors (Lipinski definition) is 1. The fourth-order valence-electron chi connectivity index (χ4n) is 1.66. The van der Waals surface area contributed by atoms with Crippen molar-refractivity contribution >= 4 is 0 Å². The average molecular weight is 282 g/mol. The molecule has 0 aromatic rings. The molecule has 0 fully saturated rings. The molecular weight excluding hydrogens is 263 g/mol. The maximum absolute atomic E-state index is 8.93. The number of allylic oxidation sites excluding steroid dienone is 8. The van der Waals surface area contributed by atoms with Crippen molar-refractivity contribution in [3.63, 3.8) is 0 Å². The third-order valence-corrected chi connectivity index (χ3v) is 9.06. The van der Waals surface area contributed by atoms with E-state index in [1.165, 1.54) is 12.8 Å². The first kappa shape index (κ1) is 12.9. The van der Waals surface area contributed by atoms with Crippen LogP contribution >= 0.6 is 0 Å². The van der Waals surface area contributed by atoms with Crippen molar-refractivity contribution < 1.29 is 26.9 Å². The summed E-state index contributed by atoms with van der Waals surface area (Å²) in [6.07, 6.45) is 16.1. The molecule has 0 spiro atoms. The normalized spacial score (nSPS) is 17.0. The Balaban J connectivity index is 0.000000337. The van der Waals surface area contributed by atoms with Crippen molar-refractivity contribution in [1.29, 1.82) is 0 Å². The summed E-state index contributed by atoms with van der Waals surface area (Å²) in [6, 6.07) is 0. The molecule has 0 heterocycles. The Morgan fingerprint density at radius 3 is 1.80 bits per heavy atom. The predicted molar refractivity (Wildman–Crippen MR) is 60.1 cm³/mol. The zero-order valence-corrected chi connectivity index (χ0v) is 12.0. The number of hydrogen-bond donors (Lipinski definition) is 0. The van der Waals surface area contributed by atoms with E-state index in [9.17, 15) is 0 Å². The second kappa shape index (κ2) is 7.14. The molecular formula is C13H18OZr. The molecule has 2 rings (SSSR count).